The molecule has 2 aromatic carbocycles. The molecule has 0 aliphatic heterocycles. The van der Waals surface area contributed by atoms with Crippen molar-refractivity contribution in [2.75, 3.05) is 18.9 Å². The molecule has 0 fully saturated rings. The Morgan fingerprint density at radius 3 is 2.46 bits per heavy atom. The molecule has 0 unspecified atom stereocenters. The van der Waals surface area contributed by atoms with Crippen LogP contribution in [-0.4, -0.2) is 30.8 Å². The highest BCUT2D eigenvalue weighted by molar-refractivity contribution is 8.00. The zero-order valence-electron chi connectivity index (χ0n) is 14.7. The molecule has 2 aromatic rings. The Morgan fingerprint density at radius 2 is 1.77 bits per heavy atom. The fourth-order valence-electron chi connectivity index (χ4n) is 2.17. The van der Waals surface area contributed by atoms with E-state index in [0.717, 1.165) is 10.5 Å². The van der Waals surface area contributed by atoms with Crippen molar-refractivity contribution in [3.05, 3.63) is 65.5 Å². The number of thioether (sulfide) groups is 1. The number of amides is 1. The molecule has 0 aromatic heterocycles. The van der Waals surface area contributed by atoms with Gasteiger partial charge in [0.25, 0.3) is 0 Å². The van der Waals surface area contributed by atoms with Crippen molar-refractivity contribution < 1.29 is 18.7 Å². The van der Waals surface area contributed by atoms with E-state index in [1.165, 1.54) is 29.5 Å². The maximum atomic E-state index is 12.8. The molecule has 0 radical (unpaired) electrons. The number of carbonyl (C=O) groups excluding carboxylic acids is 2. The van der Waals surface area contributed by atoms with E-state index < -0.39 is 0 Å². The molecule has 0 saturated carbocycles. The number of nitrogens with one attached hydrogen (secondary N) is 1. The lowest BCUT2D eigenvalue weighted by molar-refractivity contribution is -0.140. The molecule has 2 rings (SSSR count). The van der Waals surface area contributed by atoms with E-state index in [0.29, 0.717) is 19.4 Å². The van der Waals surface area contributed by atoms with Crippen LogP contribution in [0.3, 0.4) is 0 Å². The maximum absolute atomic E-state index is 12.8. The summed E-state index contributed by atoms with van der Waals surface area (Å²) in [6, 6.07) is 14.0. The van der Waals surface area contributed by atoms with Gasteiger partial charge in [0.05, 0.1) is 12.3 Å². The summed E-state index contributed by atoms with van der Waals surface area (Å²) in [5.41, 5.74) is 2.31. The molecule has 0 spiro atoms. The van der Waals surface area contributed by atoms with Crippen molar-refractivity contribution in [2.45, 2.75) is 24.7 Å². The van der Waals surface area contributed by atoms with E-state index in [9.17, 15) is 14.0 Å². The van der Waals surface area contributed by atoms with E-state index in [1.807, 2.05) is 31.2 Å². The molecule has 0 saturated heterocycles. The van der Waals surface area contributed by atoms with Gasteiger partial charge in [-0.3, -0.25) is 9.59 Å². The Balaban J connectivity index is 1.54. The first-order valence-corrected chi connectivity index (χ1v) is 9.38. The van der Waals surface area contributed by atoms with Gasteiger partial charge in [0.15, 0.2) is 0 Å². The van der Waals surface area contributed by atoms with Gasteiger partial charge < -0.3 is 10.1 Å². The van der Waals surface area contributed by atoms with Gasteiger partial charge in [0, 0.05) is 11.3 Å². The van der Waals surface area contributed by atoms with Crippen LogP contribution < -0.4 is 5.32 Å². The zero-order chi connectivity index (χ0) is 18.8. The lowest BCUT2D eigenvalue weighted by Crippen LogP contribution is -2.28. The third-order valence-corrected chi connectivity index (χ3v) is 4.60. The van der Waals surface area contributed by atoms with Crippen LogP contribution in [-0.2, 0) is 20.7 Å². The molecule has 6 heteroatoms. The predicted molar refractivity (Wildman–Crippen MR) is 101 cm³/mol. The number of aryl methyl sites for hydroxylation is 2. The first-order valence-electron chi connectivity index (χ1n) is 8.39. The highest BCUT2D eigenvalue weighted by Gasteiger charge is 2.06. The van der Waals surface area contributed by atoms with Crippen molar-refractivity contribution in [2.24, 2.45) is 0 Å². The summed E-state index contributed by atoms with van der Waals surface area (Å²) in [6.07, 6.45) is 1.08. The summed E-state index contributed by atoms with van der Waals surface area (Å²) < 4.78 is 17.9. The van der Waals surface area contributed by atoms with E-state index in [4.69, 9.17) is 4.74 Å². The maximum Gasteiger partial charge on any atom is 0.316 e. The Morgan fingerprint density at radius 1 is 1.08 bits per heavy atom. The molecule has 0 atom stereocenters. The van der Waals surface area contributed by atoms with Crippen molar-refractivity contribution in [1.82, 2.24) is 5.32 Å². The third-order valence-electron chi connectivity index (χ3n) is 3.62. The quantitative estimate of drug-likeness (QED) is 0.414. The van der Waals surface area contributed by atoms with Crippen LogP contribution in [0.4, 0.5) is 4.39 Å². The van der Waals surface area contributed by atoms with Gasteiger partial charge in [0.1, 0.15) is 12.4 Å². The standard InChI is InChI=1S/C20H22FNO3S/c1-15-2-4-16(5-3-15)6-11-19(23)22-12-13-25-20(24)14-26-18-9-7-17(21)8-10-18/h2-5,7-10H,6,11-14H2,1H3,(H,22,23). The average Bonchev–Trinajstić information content (AvgIpc) is 2.64. The van der Waals surface area contributed by atoms with Gasteiger partial charge in [-0.1, -0.05) is 29.8 Å². The molecule has 0 aliphatic carbocycles. The fourth-order valence-corrected chi connectivity index (χ4v) is 2.87. The molecule has 4 nitrogen and oxygen atoms in total. The summed E-state index contributed by atoms with van der Waals surface area (Å²) in [4.78, 5) is 24.2. The Labute approximate surface area is 157 Å². The van der Waals surface area contributed by atoms with Gasteiger partial charge >= 0.3 is 5.97 Å². The largest absolute Gasteiger partial charge is 0.463 e. The Hall–Kier alpha value is -2.34. The van der Waals surface area contributed by atoms with E-state index in [2.05, 4.69) is 5.32 Å². The van der Waals surface area contributed by atoms with E-state index in [-0.39, 0.29) is 30.1 Å². The van der Waals surface area contributed by atoms with Crippen LogP contribution in [0.25, 0.3) is 0 Å². The van der Waals surface area contributed by atoms with Crippen molar-refractivity contribution in [3.63, 3.8) is 0 Å². The van der Waals surface area contributed by atoms with Crippen LogP contribution in [0.5, 0.6) is 0 Å². The lowest BCUT2D eigenvalue weighted by Gasteiger charge is -2.07. The number of hydrogen-bond donors (Lipinski definition) is 1. The SMILES string of the molecule is Cc1ccc(CCC(=O)NCCOC(=O)CSc2ccc(F)cc2)cc1. The number of esters is 1. The van der Waals surface area contributed by atoms with Gasteiger partial charge in [-0.15, -0.1) is 11.8 Å². The summed E-state index contributed by atoms with van der Waals surface area (Å²) >= 11 is 1.28. The monoisotopic (exact) mass is 375 g/mol. The number of hydrogen-bond acceptors (Lipinski definition) is 4. The number of benzene rings is 2. The summed E-state index contributed by atoms with van der Waals surface area (Å²) in [7, 11) is 0. The van der Waals surface area contributed by atoms with Crippen LogP contribution in [0.2, 0.25) is 0 Å². The second kappa shape index (κ2) is 10.6. The van der Waals surface area contributed by atoms with Gasteiger partial charge in [-0.05, 0) is 43.2 Å². The van der Waals surface area contributed by atoms with E-state index >= 15 is 0 Å². The minimum absolute atomic E-state index is 0.0673. The van der Waals surface area contributed by atoms with Crippen LogP contribution in [0.1, 0.15) is 17.5 Å². The summed E-state index contributed by atoms with van der Waals surface area (Å²) in [5.74, 6) is -0.599. The van der Waals surface area contributed by atoms with Crippen molar-refractivity contribution in [3.8, 4) is 0 Å². The smallest absolute Gasteiger partial charge is 0.316 e. The summed E-state index contributed by atoms with van der Waals surface area (Å²) in [6.45, 7) is 2.45. The zero-order valence-corrected chi connectivity index (χ0v) is 15.5. The molecular weight excluding hydrogens is 353 g/mol. The third kappa shape index (κ3) is 7.70. The van der Waals surface area contributed by atoms with Crippen LogP contribution in [0.15, 0.2) is 53.4 Å². The van der Waals surface area contributed by atoms with Gasteiger partial charge in [0.2, 0.25) is 5.91 Å². The topological polar surface area (TPSA) is 55.4 Å². The van der Waals surface area contributed by atoms with Crippen LogP contribution in [0, 0.1) is 12.7 Å². The van der Waals surface area contributed by atoms with Gasteiger partial charge in [-0.25, -0.2) is 4.39 Å². The van der Waals surface area contributed by atoms with E-state index in [1.54, 1.807) is 12.1 Å². The average molecular weight is 375 g/mol. The normalized spacial score (nSPS) is 10.4. The first-order chi connectivity index (χ1) is 12.5. The van der Waals surface area contributed by atoms with Crippen molar-refractivity contribution >= 4 is 23.6 Å². The molecular formula is C20H22FNO3S. The molecule has 138 valence electrons. The second-order valence-electron chi connectivity index (χ2n) is 5.80. The Bertz CT molecular complexity index is 653. The minimum Gasteiger partial charge on any atom is -0.463 e. The molecule has 1 N–H and O–H groups in total. The first kappa shape index (κ1) is 20.0. The Kier molecular flexibility index (Phi) is 8.15. The van der Waals surface area contributed by atoms with Gasteiger partial charge in [-0.2, -0.15) is 0 Å². The number of rotatable bonds is 9. The second-order valence-corrected chi connectivity index (χ2v) is 6.85. The predicted octanol–water partition coefficient (Wildman–Crippen LogP) is 3.52. The van der Waals surface area contributed by atoms with Crippen LogP contribution >= 0.6 is 11.8 Å². The lowest BCUT2D eigenvalue weighted by atomic mass is 10.1. The number of halogens is 1. The molecule has 0 heterocycles. The number of carbonyl (C=O) groups is 2. The summed E-state index contributed by atoms with van der Waals surface area (Å²) in [5, 5.41) is 2.74. The minimum atomic E-state index is -0.367. The molecule has 26 heavy (non-hydrogen) atoms. The fraction of sp³-hybridized carbons (Fsp3) is 0.300. The molecule has 1 amide bonds. The highest BCUT2D eigenvalue weighted by atomic mass is 32.2. The highest BCUT2D eigenvalue weighted by Crippen LogP contribution is 2.17. The van der Waals surface area contributed by atoms with Crippen molar-refractivity contribution in [1.29, 1.82) is 0 Å². The number of ether oxygens (including phenoxy) is 1. The molecule has 0 bridgehead atoms. The molecule has 0 aliphatic rings.